The first-order chi connectivity index (χ1) is 16.8. The molecule has 0 bridgehead atoms. The van der Waals surface area contributed by atoms with Gasteiger partial charge in [0.1, 0.15) is 0 Å². The molecule has 3 N–H and O–H groups in total. The molecular weight excluding hydrogens is 430 g/mol. The van der Waals surface area contributed by atoms with Gasteiger partial charge in [0, 0.05) is 36.9 Å². The smallest absolute Gasteiger partial charge is 0.0698 e. The molecule has 2 unspecified atom stereocenters. The SMILES string of the molecule is C=Cc1nccc(CC)c1C=C.CC.CC(C)=C/C=C/N1C(C)CNCC1C.CCNC.CNC. The Bertz CT molecular complexity index is 678. The van der Waals surface area contributed by atoms with E-state index in [1.807, 2.05) is 53.3 Å². The fourth-order valence-electron chi connectivity index (χ4n) is 3.01. The van der Waals surface area contributed by atoms with Gasteiger partial charge in [-0.1, -0.05) is 58.6 Å². The van der Waals surface area contributed by atoms with E-state index in [1.165, 1.54) is 11.1 Å². The van der Waals surface area contributed by atoms with Crippen LogP contribution in [0.3, 0.4) is 0 Å². The largest absolute Gasteiger partial charge is 0.369 e. The highest BCUT2D eigenvalue weighted by Gasteiger charge is 2.20. The fourth-order valence-corrected chi connectivity index (χ4v) is 3.01. The number of hydrogen-bond acceptors (Lipinski definition) is 5. The number of piperazine rings is 1. The zero-order valence-electron chi connectivity index (χ0n) is 24.8. The molecule has 0 spiro atoms. The lowest BCUT2D eigenvalue weighted by atomic mass is 10.0. The van der Waals surface area contributed by atoms with Crippen molar-refractivity contribution in [2.45, 2.75) is 73.9 Å². The van der Waals surface area contributed by atoms with E-state index >= 15 is 0 Å². The molecule has 2 rings (SSSR count). The number of allylic oxidation sites excluding steroid dienone is 3. The van der Waals surface area contributed by atoms with Gasteiger partial charge in [0.05, 0.1) is 5.69 Å². The average Bonchev–Trinajstić information content (AvgIpc) is 2.87. The summed E-state index contributed by atoms with van der Waals surface area (Å²) in [6.45, 7) is 27.7. The van der Waals surface area contributed by atoms with E-state index in [9.17, 15) is 0 Å². The van der Waals surface area contributed by atoms with Gasteiger partial charge in [0.15, 0.2) is 0 Å². The van der Waals surface area contributed by atoms with Crippen LogP contribution in [0.1, 0.15) is 72.2 Å². The summed E-state index contributed by atoms with van der Waals surface area (Å²) in [5.41, 5.74) is 4.64. The van der Waals surface area contributed by atoms with E-state index in [0.717, 1.165) is 37.3 Å². The molecule has 5 heteroatoms. The second kappa shape index (κ2) is 26.4. The van der Waals surface area contributed by atoms with Crippen molar-refractivity contribution in [1.29, 1.82) is 0 Å². The van der Waals surface area contributed by atoms with Gasteiger partial charge in [-0.25, -0.2) is 0 Å². The number of hydrogen-bond donors (Lipinski definition) is 3. The highest BCUT2D eigenvalue weighted by atomic mass is 15.2. The molecule has 2 atom stereocenters. The summed E-state index contributed by atoms with van der Waals surface area (Å²) in [6, 6.07) is 3.21. The topological polar surface area (TPSA) is 52.2 Å². The predicted octanol–water partition coefficient (Wildman–Crippen LogP) is 6.17. The van der Waals surface area contributed by atoms with Crippen LogP contribution in [0, 0.1) is 0 Å². The van der Waals surface area contributed by atoms with Crippen LogP contribution < -0.4 is 16.0 Å². The standard InChI is InChI=1S/C12H22N2.C11H13N.C3H9N.C2H7N.C2H6/c1-10(2)6-5-7-14-11(3)8-13-9-12(14)4;1-4-9-7-8-12-11(6-3)10(9)5-2;1-3-4-2;1-3-2;1-2/h5-7,11-13H,8-9H2,1-4H3;5-8H,2-4H2,1H3;4H,3H2,1-2H3;3H,1-2H3;1-2H3/b7-5+;;;;. The van der Waals surface area contributed by atoms with Crippen molar-refractivity contribution in [3.8, 4) is 0 Å². The van der Waals surface area contributed by atoms with Crippen LogP contribution >= 0.6 is 0 Å². The molecular formula is C30H57N5. The molecule has 1 saturated heterocycles. The molecule has 0 radical (unpaired) electrons. The van der Waals surface area contributed by atoms with Crippen molar-refractivity contribution in [2.24, 2.45) is 0 Å². The minimum absolute atomic E-state index is 0.598. The molecule has 1 aromatic rings. The monoisotopic (exact) mass is 487 g/mol. The molecule has 0 amide bonds. The van der Waals surface area contributed by atoms with Crippen molar-refractivity contribution >= 4 is 12.2 Å². The number of aryl methyl sites for hydroxylation is 1. The first-order valence-corrected chi connectivity index (χ1v) is 13.0. The molecule has 0 aliphatic carbocycles. The van der Waals surface area contributed by atoms with Crippen LogP contribution in [-0.2, 0) is 6.42 Å². The van der Waals surface area contributed by atoms with E-state index in [4.69, 9.17) is 0 Å². The van der Waals surface area contributed by atoms with Crippen LogP contribution in [0.4, 0.5) is 0 Å². The Hall–Kier alpha value is -2.21. The Kier molecular flexibility index (Phi) is 28.2. The molecule has 5 nitrogen and oxygen atoms in total. The fraction of sp³-hybridized carbons (Fsp3) is 0.567. The summed E-state index contributed by atoms with van der Waals surface area (Å²) in [7, 11) is 5.68. The zero-order valence-corrected chi connectivity index (χ0v) is 24.8. The van der Waals surface area contributed by atoms with Crippen LogP contribution in [0.15, 0.2) is 49.3 Å². The number of aromatic nitrogens is 1. The van der Waals surface area contributed by atoms with Crippen molar-refractivity contribution in [3.63, 3.8) is 0 Å². The first-order valence-electron chi connectivity index (χ1n) is 13.0. The second-order valence-electron chi connectivity index (χ2n) is 8.13. The molecule has 0 saturated carbocycles. The van der Waals surface area contributed by atoms with Gasteiger partial charge in [0.2, 0.25) is 0 Å². The Labute approximate surface area is 218 Å². The van der Waals surface area contributed by atoms with E-state index in [1.54, 1.807) is 6.08 Å². The van der Waals surface area contributed by atoms with Crippen molar-refractivity contribution < 1.29 is 0 Å². The van der Waals surface area contributed by atoms with Crippen LogP contribution in [0.5, 0.6) is 0 Å². The molecule has 1 aliphatic rings. The Morgan fingerprint density at radius 2 is 1.60 bits per heavy atom. The predicted molar refractivity (Wildman–Crippen MR) is 162 cm³/mol. The van der Waals surface area contributed by atoms with Crippen LogP contribution in [-0.4, -0.2) is 62.7 Å². The summed E-state index contributed by atoms with van der Waals surface area (Å²) in [5.74, 6) is 0. The van der Waals surface area contributed by atoms with Crippen molar-refractivity contribution in [2.75, 3.05) is 40.8 Å². The molecule has 2 heterocycles. The van der Waals surface area contributed by atoms with Gasteiger partial charge in [0.25, 0.3) is 0 Å². The maximum atomic E-state index is 4.19. The molecule has 1 aromatic heterocycles. The summed E-state index contributed by atoms with van der Waals surface area (Å²) in [4.78, 5) is 6.61. The average molecular weight is 488 g/mol. The van der Waals surface area contributed by atoms with Crippen molar-refractivity contribution in [1.82, 2.24) is 25.8 Å². The minimum Gasteiger partial charge on any atom is -0.369 e. The minimum atomic E-state index is 0.598. The Morgan fingerprint density at radius 3 is 1.97 bits per heavy atom. The summed E-state index contributed by atoms with van der Waals surface area (Å²) in [6.07, 6.45) is 12.9. The number of pyridine rings is 1. The van der Waals surface area contributed by atoms with Gasteiger partial charge < -0.3 is 20.9 Å². The zero-order chi connectivity index (χ0) is 27.6. The molecule has 35 heavy (non-hydrogen) atoms. The van der Waals surface area contributed by atoms with Crippen LogP contribution in [0.2, 0.25) is 0 Å². The Morgan fingerprint density at radius 1 is 1.09 bits per heavy atom. The molecule has 1 aliphatic heterocycles. The second-order valence-corrected chi connectivity index (χ2v) is 8.13. The number of rotatable bonds is 6. The maximum Gasteiger partial charge on any atom is 0.0698 e. The summed E-state index contributed by atoms with van der Waals surface area (Å²) < 4.78 is 0. The number of nitrogens with zero attached hydrogens (tertiary/aromatic N) is 2. The molecule has 1 fully saturated rings. The maximum absolute atomic E-state index is 4.19. The Balaban J connectivity index is -0.000000441. The lowest BCUT2D eigenvalue weighted by Gasteiger charge is -2.38. The third kappa shape index (κ3) is 18.7. The highest BCUT2D eigenvalue weighted by molar-refractivity contribution is 5.63. The first kappa shape index (κ1) is 37.3. The highest BCUT2D eigenvalue weighted by Crippen LogP contribution is 2.15. The van der Waals surface area contributed by atoms with E-state index < -0.39 is 0 Å². The van der Waals surface area contributed by atoms with E-state index in [2.05, 4.69) is 98.9 Å². The summed E-state index contributed by atoms with van der Waals surface area (Å²) in [5, 5.41) is 9.10. The lowest BCUT2D eigenvalue weighted by molar-refractivity contribution is 0.179. The molecule has 0 aromatic carbocycles. The van der Waals surface area contributed by atoms with Gasteiger partial charge in [-0.2, -0.15) is 0 Å². The lowest BCUT2D eigenvalue weighted by Crippen LogP contribution is -2.52. The van der Waals surface area contributed by atoms with Gasteiger partial charge >= 0.3 is 0 Å². The quantitative estimate of drug-likeness (QED) is 0.419. The van der Waals surface area contributed by atoms with Crippen molar-refractivity contribution in [3.05, 3.63) is 66.2 Å². The molecule has 202 valence electrons. The normalized spacial score (nSPS) is 16.0. The van der Waals surface area contributed by atoms with Gasteiger partial charge in [-0.05, 0) is 91.8 Å². The van der Waals surface area contributed by atoms with E-state index in [-0.39, 0.29) is 0 Å². The third-order valence-electron chi connectivity index (χ3n) is 4.83. The van der Waals surface area contributed by atoms with E-state index in [0.29, 0.717) is 12.1 Å². The van der Waals surface area contributed by atoms with Crippen LogP contribution in [0.25, 0.3) is 12.2 Å². The van der Waals surface area contributed by atoms with Gasteiger partial charge in [-0.3, -0.25) is 4.98 Å². The number of nitrogens with one attached hydrogen (secondary N) is 3. The van der Waals surface area contributed by atoms with Gasteiger partial charge in [-0.15, -0.1) is 0 Å². The third-order valence-corrected chi connectivity index (χ3v) is 4.83. The summed E-state index contributed by atoms with van der Waals surface area (Å²) >= 11 is 0.